The highest BCUT2D eigenvalue weighted by Gasteiger charge is 2.22. The molecule has 0 amide bonds. The van der Waals surface area contributed by atoms with E-state index in [0.29, 0.717) is 0 Å². The van der Waals surface area contributed by atoms with Crippen LogP contribution in [0.1, 0.15) is 37.8 Å². The molecule has 0 bridgehead atoms. The van der Waals surface area contributed by atoms with E-state index in [1.165, 1.54) is 71.4 Å². The Labute approximate surface area is 380 Å². The largest absolute Gasteiger partial charge is 0.308 e. The molecule has 65 heavy (non-hydrogen) atoms. The van der Waals surface area contributed by atoms with Gasteiger partial charge in [-0.1, -0.05) is 201 Å². The SMILES string of the molecule is C/C=C(\C=C/CC)C1=CC(c2ccc(-c3ccc(-c4ccc(-c5nc6ccc7ccccc7c6c6c5c5ccccc5n6-c5ccccc5)cc4)cc3)cc2)=CCC(c2ccccc2)=N1. The number of aliphatic imine (C=N–C) groups is 1. The van der Waals surface area contributed by atoms with Gasteiger partial charge in [0.05, 0.1) is 33.7 Å². The Balaban J connectivity index is 0.914. The third-order valence-corrected chi connectivity index (χ3v) is 12.7. The van der Waals surface area contributed by atoms with Gasteiger partial charge in [-0.2, -0.15) is 0 Å². The van der Waals surface area contributed by atoms with Gasteiger partial charge in [-0.25, -0.2) is 4.98 Å². The summed E-state index contributed by atoms with van der Waals surface area (Å²) in [5.41, 5.74) is 18.0. The first kappa shape index (κ1) is 39.7. The number of nitrogens with zero attached hydrogens (tertiary/aromatic N) is 3. The fourth-order valence-corrected chi connectivity index (χ4v) is 9.45. The number of hydrogen-bond acceptors (Lipinski definition) is 2. The Kier molecular flexibility index (Phi) is 10.5. The van der Waals surface area contributed by atoms with Crippen molar-refractivity contribution in [1.82, 2.24) is 9.55 Å². The molecule has 0 saturated heterocycles. The van der Waals surface area contributed by atoms with Gasteiger partial charge in [-0.3, -0.25) is 4.99 Å². The smallest absolute Gasteiger partial charge is 0.0810 e. The average molecular weight is 834 g/mol. The molecule has 0 N–H and O–H groups in total. The molecule has 3 heteroatoms. The molecule has 11 rings (SSSR count). The molecule has 0 saturated carbocycles. The van der Waals surface area contributed by atoms with Crippen LogP contribution in [-0.2, 0) is 0 Å². The molecule has 0 radical (unpaired) electrons. The van der Waals surface area contributed by atoms with Gasteiger partial charge in [0.25, 0.3) is 0 Å². The summed E-state index contributed by atoms with van der Waals surface area (Å²) in [7, 11) is 0. The molecule has 0 fully saturated rings. The minimum Gasteiger partial charge on any atom is -0.308 e. The summed E-state index contributed by atoms with van der Waals surface area (Å²) >= 11 is 0. The average Bonchev–Trinajstić information content (AvgIpc) is 3.56. The van der Waals surface area contributed by atoms with Crippen LogP contribution in [0.25, 0.3) is 88.3 Å². The van der Waals surface area contributed by atoms with Crippen LogP contribution in [0.2, 0.25) is 0 Å². The third-order valence-electron chi connectivity index (χ3n) is 12.7. The minimum atomic E-state index is 0.761. The van der Waals surface area contributed by atoms with Crippen LogP contribution in [0.5, 0.6) is 0 Å². The highest BCUT2D eigenvalue weighted by molar-refractivity contribution is 6.27. The monoisotopic (exact) mass is 833 g/mol. The van der Waals surface area contributed by atoms with E-state index in [9.17, 15) is 0 Å². The molecule has 1 aliphatic heterocycles. The topological polar surface area (TPSA) is 30.2 Å². The molecule has 3 heterocycles. The van der Waals surface area contributed by atoms with Crippen molar-refractivity contribution >= 4 is 54.8 Å². The molecule has 0 aliphatic carbocycles. The fraction of sp³-hybridized carbons (Fsp3) is 0.0645. The lowest BCUT2D eigenvalue weighted by Crippen LogP contribution is -1.99. The first-order valence-electron chi connectivity index (χ1n) is 22.6. The standard InChI is InChI=1S/C62H47N3/c1-3-5-16-42(4-2)57-41-51(38-39-55(63-57)49-18-8-6-9-19-49)47-31-29-45(30-32-47)43-25-27-44(28-26-43)46-33-35-50(36-34-46)61-60-54-23-14-15-24-58(54)65(52-20-10-7-11-21-52)62(60)59-53-22-13-12-17-48(53)37-40-56(59)64-61/h4-38,40-41H,3,39H2,1-2H3/b16-5-,42-4+. The number of fused-ring (bicyclic) bond motifs is 7. The number of aromatic nitrogens is 2. The van der Waals surface area contributed by atoms with Crippen molar-refractivity contribution in [3.63, 3.8) is 0 Å². The quantitative estimate of drug-likeness (QED) is 0.105. The van der Waals surface area contributed by atoms with Crippen molar-refractivity contribution in [2.75, 3.05) is 0 Å². The normalized spacial score (nSPS) is 13.4. The van der Waals surface area contributed by atoms with Crippen LogP contribution >= 0.6 is 0 Å². The van der Waals surface area contributed by atoms with E-state index < -0.39 is 0 Å². The molecule has 10 aromatic rings. The zero-order valence-corrected chi connectivity index (χ0v) is 36.6. The van der Waals surface area contributed by atoms with Crippen molar-refractivity contribution in [2.45, 2.75) is 26.7 Å². The number of allylic oxidation sites excluding steroid dienone is 6. The van der Waals surface area contributed by atoms with E-state index in [1.54, 1.807) is 0 Å². The Morgan fingerprint density at radius 3 is 1.80 bits per heavy atom. The summed E-state index contributed by atoms with van der Waals surface area (Å²) in [5.74, 6) is 0. The molecule has 1 aliphatic rings. The second kappa shape index (κ2) is 17.2. The summed E-state index contributed by atoms with van der Waals surface area (Å²) in [6.07, 6.45) is 12.8. The number of pyridine rings is 1. The van der Waals surface area contributed by atoms with Gasteiger partial charge >= 0.3 is 0 Å². The van der Waals surface area contributed by atoms with E-state index in [4.69, 9.17) is 9.98 Å². The summed E-state index contributed by atoms with van der Waals surface area (Å²) in [4.78, 5) is 10.7. The second-order valence-corrected chi connectivity index (χ2v) is 16.7. The number of hydrogen-bond donors (Lipinski definition) is 0. The van der Waals surface area contributed by atoms with E-state index >= 15 is 0 Å². The Bertz CT molecular complexity index is 3550. The van der Waals surface area contributed by atoms with Gasteiger partial charge in [-0.15, -0.1) is 0 Å². The van der Waals surface area contributed by atoms with Crippen LogP contribution < -0.4 is 0 Å². The van der Waals surface area contributed by atoms with E-state index in [0.717, 1.165) is 57.8 Å². The lowest BCUT2D eigenvalue weighted by molar-refractivity contribution is 1.19. The van der Waals surface area contributed by atoms with Gasteiger partial charge < -0.3 is 4.57 Å². The Morgan fingerprint density at radius 2 is 1.14 bits per heavy atom. The van der Waals surface area contributed by atoms with Crippen LogP contribution in [0.15, 0.2) is 241 Å². The van der Waals surface area contributed by atoms with Gasteiger partial charge in [0.1, 0.15) is 0 Å². The maximum Gasteiger partial charge on any atom is 0.0810 e. The predicted octanol–water partition coefficient (Wildman–Crippen LogP) is 16.6. The Morgan fingerprint density at radius 1 is 0.554 bits per heavy atom. The second-order valence-electron chi connectivity index (χ2n) is 16.7. The van der Waals surface area contributed by atoms with Crippen molar-refractivity contribution in [3.8, 4) is 39.2 Å². The third kappa shape index (κ3) is 7.41. The first-order valence-corrected chi connectivity index (χ1v) is 22.6. The summed E-state index contributed by atoms with van der Waals surface area (Å²) in [6.45, 7) is 4.25. The molecule has 2 aromatic heterocycles. The highest BCUT2D eigenvalue weighted by Crippen LogP contribution is 2.43. The molecular weight excluding hydrogens is 787 g/mol. The molecule has 3 nitrogen and oxygen atoms in total. The maximum atomic E-state index is 5.48. The van der Waals surface area contributed by atoms with E-state index in [1.807, 2.05) is 0 Å². The van der Waals surface area contributed by atoms with Crippen molar-refractivity contribution < 1.29 is 0 Å². The lowest BCUT2D eigenvalue weighted by atomic mass is 9.95. The van der Waals surface area contributed by atoms with Crippen molar-refractivity contribution in [2.24, 2.45) is 4.99 Å². The van der Waals surface area contributed by atoms with E-state index in [2.05, 4.69) is 243 Å². The zero-order valence-electron chi connectivity index (χ0n) is 36.6. The molecule has 8 aromatic carbocycles. The number of benzene rings is 8. The summed E-state index contributed by atoms with van der Waals surface area (Å²) in [5, 5.41) is 5.95. The van der Waals surface area contributed by atoms with Gasteiger partial charge in [0.2, 0.25) is 0 Å². The zero-order chi connectivity index (χ0) is 43.7. The van der Waals surface area contributed by atoms with Gasteiger partial charge in [0.15, 0.2) is 0 Å². The maximum absolute atomic E-state index is 5.48. The highest BCUT2D eigenvalue weighted by atomic mass is 15.0. The van der Waals surface area contributed by atoms with Gasteiger partial charge in [0, 0.05) is 33.8 Å². The molecule has 0 unspecified atom stereocenters. The molecule has 0 atom stereocenters. The molecular formula is C62H47N3. The van der Waals surface area contributed by atoms with Crippen molar-refractivity contribution in [3.05, 3.63) is 247 Å². The van der Waals surface area contributed by atoms with Crippen LogP contribution in [0, 0.1) is 0 Å². The number of rotatable bonds is 9. The van der Waals surface area contributed by atoms with Gasteiger partial charge in [-0.05, 0) is 99.0 Å². The predicted molar refractivity (Wildman–Crippen MR) is 277 cm³/mol. The summed E-state index contributed by atoms with van der Waals surface area (Å²) < 4.78 is 2.43. The molecule has 0 spiro atoms. The number of para-hydroxylation sites is 2. The summed E-state index contributed by atoms with van der Waals surface area (Å²) in [6, 6.07) is 69.9. The first-order chi connectivity index (χ1) is 32.1. The fourth-order valence-electron chi connectivity index (χ4n) is 9.45. The molecule has 310 valence electrons. The lowest BCUT2D eigenvalue weighted by Gasteiger charge is -2.14. The minimum absolute atomic E-state index is 0.761. The van der Waals surface area contributed by atoms with Crippen LogP contribution in [-0.4, -0.2) is 15.3 Å². The Hall–Kier alpha value is -8.14. The van der Waals surface area contributed by atoms with Crippen LogP contribution in [0.3, 0.4) is 0 Å². The van der Waals surface area contributed by atoms with E-state index in [-0.39, 0.29) is 0 Å². The van der Waals surface area contributed by atoms with Crippen LogP contribution in [0.4, 0.5) is 0 Å². The van der Waals surface area contributed by atoms with Crippen molar-refractivity contribution in [1.29, 1.82) is 0 Å².